The van der Waals surface area contributed by atoms with Gasteiger partial charge >= 0.3 is 6.16 Å². The van der Waals surface area contributed by atoms with Gasteiger partial charge in [-0.1, -0.05) is 46.6 Å². The molecule has 1 heterocycles. The van der Waals surface area contributed by atoms with Crippen molar-refractivity contribution in [3.8, 4) is 0 Å². The van der Waals surface area contributed by atoms with Crippen LogP contribution in [0.25, 0.3) is 0 Å². The number of ether oxygens (including phenoxy) is 2. The van der Waals surface area contributed by atoms with Crippen LogP contribution in [0.1, 0.15) is 53.9 Å². The molecule has 25 unspecified atom stereocenters. The summed E-state index contributed by atoms with van der Waals surface area (Å²) >= 11 is 0. The summed E-state index contributed by atoms with van der Waals surface area (Å²) in [6.07, 6.45) is -1.78. The molecule has 0 aromatic carbocycles. The van der Waals surface area contributed by atoms with E-state index in [4.69, 9.17) is 27.6 Å². The van der Waals surface area contributed by atoms with Gasteiger partial charge in [0.25, 0.3) is 0 Å². The zero-order valence-electron chi connectivity index (χ0n) is 35.6. The van der Waals surface area contributed by atoms with Crippen LogP contribution in [-0.2, 0) is 27.6 Å². The number of aliphatic hydroxyl groups is 1. The highest BCUT2D eigenvalue weighted by atomic mass is 33.2. The zero-order chi connectivity index (χ0) is 48.9. The molecule has 1 saturated heterocycles. The highest BCUT2D eigenvalue weighted by Crippen LogP contribution is 3.18. The van der Waals surface area contributed by atoms with Crippen LogP contribution in [0.2, 0.25) is 0 Å². The van der Waals surface area contributed by atoms with Gasteiger partial charge in [0, 0.05) is 50.6 Å². The fourth-order valence-corrected chi connectivity index (χ4v) is 207. The third kappa shape index (κ3) is 16.6. The van der Waals surface area contributed by atoms with Gasteiger partial charge in [0.2, 0.25) is 0 Å². The summed E-state index contributed by atoms with van der Waals surface area (Å²) in [5.41, 5.74) is -1.87. The zero-order valence-corrected chi connectivity index (χ0v) is 71.9. The van der Waals surface area contributed by atoms with Crippen molar-refractivity contribution in [3.63, 3.8) is 0 Å². The number of hydrogen-bond acceptors (Lipinski definition) is 8. The van der Waals surface area contributed by atoms with Crippen LogP contribution in [0.15, 0.2) is 11.1 Å². The molecule has 0 radical (unpaired) electrons. The Bertz CT molecular complexity index is 1590. The monoisotopic (exact) mass is 1530 g/mol. The second-order valence-corrected chi connectivity index (χ2v) is 137. The summed E-state index contributed by atoms with van der Waals surface area (Å²) in [6.45, 7) is 5.14. The standard InChI is InChI=1S/C21H67O8P35/c1-9-10(26-53(62(48)58(40)41)64(60(44)45)61(46)47)8-21-16(24-17(22)25-21)15-19(4,7-11(14(9)18(21,2)3)27-52(57(38)39)63(49-30)59(42)43)12(29-51(55(34)35)56(36)37)6-13(20(15,5)23)28-50(31)54(32)33/h10-13,15-16,23,49H,6-8,30-48H2,1-5H3/t10-,11+,12-,13-,15-,16-,19+,20+,21+,50?,52?,53?,62?,63?/m0/s1. The lowest BCUT2D eigenvalue weighted by molar-refractivity contribution is -0.247. The summed E-state index contributed by atoms with van der Waals surface area (Å²) in [6, 6.07) is 0. The Kier molecular flexibility index (Phi) is 33.8. The highest BCUT2D eigenvalue weighted by Gasteiger charge is 2.76. The lowest BCUT2D eigenvalue weighted by atomic mass is 9.46. The fraction of sp³-hybridized carbons (Fsp3) is 0.857. The third-order valence-corrected chi connectivity index (χ3v) is 166. The summed E-state index contributed by atoms with van der Waals surface area (Å²) in [7, 11) is 55.5. The Labute approximate surface area is 447 Å². The van der Waals surface area contributed by atoms with E-state index >= 15 is 0 Å². The minimum Gasteiger partial charge on any atom is -0.426 e. The van der Waals surface area contributed by atoms with Crippen molar-refractivity contribution in [2.24, 2.45) is 16.7 Å². The van der Waals surface area contributed by atoms with Crippen molar-refractivity contribution in [2.75, 3.05) is 0 Å². The molecule has 374 valence electrons. The minimum atomic E-state index is -1.46. The number of carbonyl (C=O) groups is 1. The predicted octanol–water partition coefficient (Wildman–Crippen LogP) is 22.3. The van der Waals surface area contributed by atoms with E-state index < -0.39 is 153 Å². The largest absolute Gasteiger partial charge is 0.509 e. The average molecular weight is 1530 g/mol. The summed E-state index contributed by atoms with van der Waals surface area (Å²) in [4.78, 5) is 14.4. The van der Waals surface area contributed by atoms with Crippen LogP contribution in [0.3, 0.4) is 0 Å². The van der Waals surface area contributed by atoms with Crippen LogP contribution in [0.4, 0.5) is 4.79 Å². The van der Waals surface area contributed by atoms with Crippen LogP contribution in [0.5, 0.6) is 0 Å². The molecule has 3 fully saturated rings. The summed E-state index contributed by atoms with van der Waals surface area (Å²) in [5.74, 6) is -0.652. The van der Waals surface area contributed by atoms with E-state index in [9.17, 15) is 9.90 Å². The van der Waals surface area contributed by atoms with Gasteiger partial charge in [0.05, 0.1) is 60.1 Å². The first-order valence-electron chi connectivity index (χ1n) is 18.3. The number of carbonyl (C=O) groups excluding carboxylic acids is 1. The van der Waals surface area contributed by atoms with Crippen molar-refractivity contribution in [1.29, 1.82) is 0 Å². The second-order valence-electron chi connectivity index (χ2n) is 15.8. The molecular formula is C21H67O8P35. The molecular weight excluding hydrogens is 1460 g/mol. The van der Waals surface area contributed by atoms with Crippen molar-refractivity contribution in [1.82, 2.24) is 0 Å². The molecule has 2 bridgehead atoms. The van der Waals surface area contributed by atoms with Gasteiger partial charge in [0.1, 0.15) is 0 Å². The smallest absolute Gasteiger partial charge is 0.426 e. The molecule has 0 aromatic rings. The van der Waals surface area contributed by atoms with Crippen LogP contribution in [0, 0.1) is 16.7 Å². The van der Waals surface area contributed by atoms with E-state index in [1.165, 1.54) is 5.57 Å². The van der Waals surface area contributed by atoms with E-state index in [1.807, 2.05) is 6.92 Å². The molecule has 8 nitrogen and oxygen atoms in total. The van der Waals surface area contributed by atoms with Gasteiger partial charge in [0.15, 0.2) is 11.7 Å². The van der Waals surface area contributed by atoms with E-state index in [0.717, 1.165) is 5.57 Å². The number of hydrogen-bond donors (Lipinski definition) is 1. The van der Waals surface area contributed by atoms with Crippen LogP contribution < -0.4 is 0 Å². The Balaban J connectivity index is 2.17. The molecule has 3 aliphatic carbocycles. The van der Waals surface area contributed by atoms with Crippen molar-refractivity contribution in [2.45, 2.75) is 95.6 Å². The molecule has 34 atom stereocenters. The molecule has 43 heteroatoms. The second kappa shape index (κ2) is 30.8. The van der Waals surface area contributed by atoms with Gasteiger partial charge in [-0.3, -0.25) is 0 Å². The van der Waals surface area contributed by atoms with E-state index in [0.29, 0.717) is 27.2 Å². The molecule has 64 heavy (non-hydrogen) atoms. The first kappa shape index (κ1) is 70.3. The minimum absolute atomic E-state index is 0.352. The lowest BCUT2D eigenvalue weighted by Crippen LogP contribution is -2.73. The molecule has 4 aliphatic rings. The van der Waals surface area contributed by atoms with Crippen LogP contribution in [-0.4, -0.2) is 53.0 Å². The molecule has 0 aromatic heterocycles. The Morgan fingerprint density at radius 1 is 0.641 bits per heavy atom. The third-order valence-electron chi connectivity index (χ3n) is 11.7. The topological polar surface area (TPSA) is 92.7 Å². The summed E-state index contributed by atoms with van der Waals surface area (Å²) < 4.78 is 44.0. The van der Waals surface area contributed by atoms with Gasteiger partial charge in [-0.15, -0.1) is 152 Å². The van der Waals surface area contributed by atoms with Gasteiger partial charge < -0.3 is 32.7 Å². The number of rotatable bonds is 20. The normalized spacial score (nSPS) is 34.7. The van der Waals surface area contributed by atoms with Crippen molar-refractivity contribution in [3.05, 3.63) is 11.1 Å². The summed E-state index contributed by atoms with van der Waals surface area (Å²) in [5, 5.41) is 13.6. The Hall–Kier alpha value is 13.9. The molecule has 1 aliphatic heterocycles. The predicted molar refractivity (Wildman–Crippen MR) is 393 cm³/mol. The fourth-order valence-electron chi connectivity index (χ4n) is 9.06. The SMILES string of the molecule is CC1=C2[C@H](OP(P(P)P)P(PP)P(P)P)C[C@]3(C)[C@@H](OP(P(P)P)P(P)P)C[C@H](OP(P)P(P)P)[C@@](C)(O)[C@H]3[C@@H]3OC(=O)O[C@@]3(C[C@@H]1OP(P(P)P(P)P)P(P(P)P)P(P)P)C2(C)C. The molecule has 0 amide bonds. The first-order chi connectivity index (χ1) is 29.3. The van der Waals surface area contributed by atoms with Crippen molar-refractivity contribution < 1.29 is 37.5 Å². The van der Waals surface area contributed by atoms with E-state index in [-0.39, 0.29) is 18.3 Å². The average Bonchev–Trinajstić information content (AvgIpc) is 3.47. The molecule has 4 rings (SSSR count). The highest BCUT2D eigenvalue weighted by molar-refractivity contribution is 9.19. The van der Waals surface area contributed by atoms with Crippen molar-refractivity contribution >= 4 is 291 Å². The maximum atomic E-state index is 14.4. The molecule has 1 spiro atoms. The van der Waals surface area contributed by atoms with Crippen LogP contribution >= 0.6 is 285 Å². The number of fused-ring (bicyclic) bond motifs is 3. The molecule has 2 saturated carbocycles. The van der Waals surface area contributed by atoms with Gasteiger partial charge in [-0.25, -0.2) is 4.79 Å². The Morgan fingerprint density at radius 3 is 1.62 bits per heavy atom. The van der Waals surface area contributed by atoms with E-state index in [2.05, 4.69) is 197 Å². The first-order valence-corrected chi connectivity index (χ1v) is 78.6. The van der Waals surface area contributed by atoms with Gasteiger partial charge in [-0.05, 0) is 87.3 Å². The maximum absolute atomic E-state index is 14.4. The lowest BCUT2D eigenvalue weighted by Gasteiger charge is -2.64. The van der Waals surface area contributed by atoms with Gasteiger partial charge in [-0.2, -0.15) is 0 Å². The Morgan fingerprint density at radius 2 is 1.17 bits per heavy atom. The van der Waals surface area contributed by atoms with E-state index in [1.54, 1.807) is 0 Å². The molecule has 1 N–H and O–H groups in total. The quantitative estimate of drug-likeness (QED) is 0.0732. The maximum Gasteiger partial charge on any atom is 0.509 e.